The van der Waals surface area contributed by atoms with Gasteiger partial charge in [0.25, 0.3) is 0 Å². The summed E-state index contributed by atoms with van der Waals surface area (Å²) >= 11 is 5.58. The zero-order valence-corrected chi connectivity index (χ0v) is 17.8. The average molecular weight is 398 g/mol. The molecule has 2 N–H and O–H groups in total. The third-order valence-corrected chi connectivity index (χ3v) is 5.41. The van der Waals surface area contributed by atoms with Gasteiger partial charge in [-0.3, -0.25) is 4.57 Å². The lowest BCUT2D eigenvalue weighted by molar-refractivity contribution is 0.414. The second kappa shape index (κ2) is 8.10. The summed E-state index contributed by atoms with van der Waals surface area (Å²) in [6, 6.07) is 12.0. The second-order valence-corrected chi connectivity index (χ2v) is 7.46. The number of hydrogen-bond acceptors (Lipinski definition) is 4. The largest absolute Gasteiger partial charge is 0.508 e. The minimum absolute atomic E-state index is 0.317. The maximum atomic E-state index is 10.0. The summed E-state index contributed by atoms with van der Waals surface area (Å²) < 4.78 is 8.19. The van der Waals surface area contributed by atoms with Crippen molar-refractivity contribution in [3.05, 3.63) is 52.9 Å². The fraction of sp³-hybridized carbons (Fsp3) is 0.318. The van der Waals surface area contributed by atoms with Crippen molar-refractivity contribution in [2.45, 2.75) is 33.2 Å². The van der Waals surface area contributed by atoms with Crippen LogP contribution in [0.2, 0.25) is 0 Å². The molecule has 6 heteroatoms. The number of aromatic nitrogens is 2. The van der Waals surface area contributed by atoms with Gasteiger partial charge in [-0.25, -0.2) is 0 Å². The number of phenolic OH excluding ortho intramolecular Hbond substituents is 1. The molecule has 1 heterocycles. The maximum Gasteiger partial charge on any atom is 0.182 e. The third kappa shape index (κ3) is 3.64. The number of aryl methyl sites for hydroxylation is 1. The highest BCUT2D eigenvalue weighted by Gasteiger charge is 2.16. The molecule has 2 aromatic carbocycles. The first-order valence-corrected chi connectivity index (χ1v) is 9.82. The lowest BCUT2D eigenvalue weighted by Crippen LogP contribution is -2.26. The molecule has 3 rings (SSSR count). The Bertz CT molecular complexity index is 1040. The number of methoxy groups -OCH3 is 1. The van der Waals surface area contributed by atoms with Crippen LogP contribution in [0, 0.1) is 4.77 Å². The monoisotopic (exact) mass is 397 g/mol. The molecule has 0 bridgehead atoms. The van der Waals surface area contributed by atoms with Crippen LogP contribution in [0.1, 0.15) is 26.3 Å². The lowest BCUT2D eigenvalue weighted by Gasteiger charge is -2.26. The lowest BCUT2D eigenvalue weighted by atomic mass is 10.1. The molecule has 0 fully saturated rings. The Hall–Kier alpha value is -2.73. The van der Waals surface area contributed by atoms with Crippen LogP contribution >= 0.6 is 12.2 Å². The first kappa shape index (κ1) is 20.0. The molecule has 0 saturated heterocycles. The molecule has 0 aliphatic heterocycles. The molecular weight excluding hydrogens is 370 g/mol. The maximum absolute atomic E-state index is 10.0. The summed E-state index contributed by atoms with van der Waals surface area (Å²) in [7, 11) is 3.74. The van der Waals surface area contributed by atoms with Crippen molar-refractivity contribution in [2.75, 3.05) is 19.1 Å². The molecule has 0 saturated carbocycles. The molecule has 0 radical (unpaired) electrons. The summed E-state index contributed by atoms with van der Waals surface area (Å²) in [5, 5.41) is 10.0. The van der Waals surface area contributed by atoms with Crippen LogP contribution in [0.25, 0.3) is 16.9 Å². The molecule has 148 valence electrons. The Kier molecular flexibility index (Phi) is 5.79. The van der Waals surface area contributed by atoms with Gasteiger partial charge in [-0.2, -0.15) is 0 Å². The van der Waals surface area contributed by atoms with Crippen LogP contribution in [0.5, 0.6) is 11.5 Å². The van der Waals surface area contributed by atoms with E-state index in [-0.39, 0.29) is 0 Å². The molecule has 0 aliphatic carbocycles. The van der Waals surface area contributed by atoms with E-state index in [2.05, 4.69) is 36.8 Å². The Morgan fingerprint density at radius 1 is 1.21 bits per heavy atom. The van der Waals surface area contributed by atoms with Crippen LogP contribution in [0.3, 0.4) is 0 Å². The summed E-state index contributed by atoms with van der Waals surface area (Å²) in [6.07, 6.45) is 2.67. The number of nitrogens with one attached hydrogen (secondary N) is 1. The Labute approximate surface area is 171 Å². The minimum Gasteiger partial charge on any atom is -0.508 e. The molecular formula is C22H27N3O2S. The van der Waals surface area contributed by atoms with Gasteiger partial charge >= 0.3 is 0 Å². The van der Waals surface area contributed by atoms with E-state index in [0.717, 1.165) is 40.4 Å². The second-order valence-electron chi connectivity index (χ2n) is 7.07. The zero-order valence-electron chi connectivity index (χ0n) is 17.0. The predicted molar refractivity (Wildman–Crippen MR) is 118 cm³/mol. The van der Waals surface area contributed by atoms with E-state index in [1.807, 2.05) is 42.0 Å². The summed E-state index contributed by atoms with van der Waals surface area (Å²) in [6.45, 7) is 6.31. The van der Waals surface area contributed by atoms with Crippen LogP contribution in [0.4, 0.5) is 5.69 Å². The highest BCUT2D eigenvalue weighted by molar-refractivity contribution is 7.71. The van der Waals surface area contributed by atoms with Gasteiger partial charge in [-0.05, 0) is 74.4 Å². The Morgan fingerprint density at radius 2 is 1.96 bits per heavy atom. The molecule has 0 amide bonds. The number of imidazole rings is 1. The van der Waals surface area contributed by atoms with E-state index in [1.54, 1.807) is 13.2 Å². The number of rotatable bonds is 6. The smallest absolute Gasteiger partial charge is 0.182 e. The fourth-order valence-electron chi connectivity index (χ4n) is 3.24. The van der Waals surface area contributed by atoms with E-state index in [1.165, 1.54) is 0 Å². The van der Waals surface area contributed by atoms with Gasteiger partial charge in [0.1, 0.15) is 11.5 Å². The predicted octanol–water partition coefficient (Wildman–Crippen LogP) is 5.32. The molecule has 1 aromatic heterocycles. The number of nitrogens with zero attached hydrogens (tertiary/aromatic N) is 2. The topological polar surface area (TPSA) is 53.4 Å². The number of ether oxygens (including phenoxy) is 1. The quantitative estimate of drug-likeness (QED) is 0.553. The Balaban J connectivity index is 2.17. The number of aromatic amines is 1. The van der Waals surface area contributed by atoms with Crippen molar-refractivity contribution in [3.8, 4) is 28.4 Å². The third-order valence-electron chi connectivity index (χ3n) is 5.11. The highest BCUT2D eigenvalue weighted by Crippen LogP contribution is 2.34. The SMILES string of the molecule is CCc1cc(-c2c[nH]c(=S)n2-c2ccc(OC)c(N(C)C(C)C)c2)ccc1O. The van der Waals surface area contributed by atoms with Gasteiger partial charge in [-0.1, -0.05) is 6.92 Å². The van der Waals surface area contributed by atoms with Gasteiger partial charge in [0, 0.05) is 24.8 Å². The number of benzene rings is 2. The van der Waals surface area contributed by atoms with Gasteiger partial charge in [0.2, 0.25) is 0 Å². The molecule has 0 atom stereocenters. The highest BCUT2D eigenvalue weighted by atomic mass is 32.1. The number of aromatic hydroxyl groups is 1. The van der Waals surface area contributed by atoms with E-state index in [9.17, 15) is 5.11 Å². The number of hydrogen-bond donors (Lipinski definition) is 2. The zero-order chi connectivity index (χ0) is 20.4. The van der Waals surface area contributed by atoms with Gasteiger partial charge in [0.05, 0.1) is 24.2 Å². The number of phenols is 1. The first-order chi connectivity index (χ1) is 13.4. The van der Waals surface area contributed by atoms with E-state index >= 15 is 0 Å². The minimum atomic E-state index is 0.317. The van der Waals surface area contributed by atoms with E-state index in [4.69, 9.17) is 17.0 Å². The van der Waals surface area contributed by atoms with Crippen molar-refractivity contribution in [1.82, 2.24) is 9.55 Å². The van der Waals surface area contributed by atoms with E-state index < -0.39 is 0 Å². The molecule has 0 unspecified atom stereocenters. The van der Waals surface area contributed by atoms with Crippen molar-refractivity contribution in [3.63, 3.8) is 0 Å². The van der Waals surface area contributed by atoms with Gasteiger partial charge < -0.3 is 19.7 Å². The van der Waals surface area contributed by atoms with Crippen molar-refractivity contribution >= 4 is 17.9 Å². The number of H-pyrrole nitrogens is 1. The normalized spacial score (nSPS) is 11.1. The average Bonchev–Trinajstić information content (AvgIpc) is 3.08. The first-order valence-electron chi connectivity index (χ1n) is 9.41. The van der Waals surface area contributed by atoms with Crippen LogP contribution < -0.4 is 9.64 Å². The fourth-order valence-corrected chi connectivity index (χ4v) is 3.50. The van der Waals surface area contributed by atoms with Gasteiger partial charge in [-0.15, -0.1) is 0 Å². The number of anilines is 1. The Morgan fingerprint density at radius 3 is 2.61 bits per heavy atom. The van der Waals surface area contributed by atoms with Crippen molar-refractivity contribution < 1.29 is 9.84 Å². The van der Waals surface area contributed by atoms with Crippen molar-refractivity contribution in [1.29, 1.82) is 0 Å². The van der Waals surface area contributed by atoms with Crippen LogP contribution in [-0.4, -0.2) is 34.9 Å². The summed E-state index contributed by atoms with van der Waals surface area (Å²) in [4.78, 5) is 5.33. The van der Waals surface area contributed by atoms with Gasteiger partial charge in [0.15, 0.2) is 4.77 Å². The summed E-state index contributed by atoms with van der Waals surface area (Å²) in [5.74, 6) is 1.14. The molecule has 0 spiro atoms. The van der Waals surface area contributed by atoms with Crippen LogP contribution in [-0.2, 0) is 6.42 Å². The molecule has 28 heavy (non-hydrogen) atoms. The molecule has 5 nitrogen and oxygen atoms in total. The van der Waals surface area contributed by atoms with E-state index in [0.29, 0.717) is 16.6 Å². The standard InChI is InChI=1S/C22H27N3O2S/c1-6-15-11-16(7-9-20(15)26)19-13-23-22(28)25(19)17-8-10-21(27-5)18(12-17)24(4)14(2)3/h7-14,26H,6H2,1-5H3,(H,23,28). The summed E-state index contributed by atoms with van der Waals surface area (Å²) in [5.41, 5.74) is 4.81. The van der Waals surface area contributed by atoms with Crippen LogP contribution in [0.15, 0.2) is 42.6 Å². The molecule has 0 aliphatic rings. The molecule has 3 aromatic rings. The van der Waals surface area contributed by atoms with Crippen molar-refractivity contribution in [2.24, 2.45) is 0 Å².